The monoisotopic (exact) mass is 409 g/mol. The van der Waals surface area contributed by atoms with Gasteiger partial charge in [-0.25, -0.2) is 4.79 Å². The first-order chi connectivity index (χ1) is 14.6. The number of nitrogens with zero attached hydrogens (tertiary/aromatic N) is 1. The molecule has 0 aromatic heterocycles. The number of esters is 1. The van der Waals surface area contributed by atoms with Crippen LogP contribution in [0.1, 0.15) is 31.4 Å². The van der Waals surface area contributed by atoms with Gasteiger partial charge in [-0.3, -0.25) is 4.79 Å². The molecule has 0 spiro atoms. The molecule has 1 amide bonds. The van der Waals surface area contributed by atoms with E-state index in [1.165, 1.54) is 6.08 Å². The number of hydrogen-bond acceptors (Lipinski definition) is 5. The largest absolute Gasteiger partial charge is 0.490 e. The van der Waals surface area contributed by atoms with Crippen molar-refractivity contribution in [3.8, 4) is 11.5 Å². The van der Waals surface area contributed by atoms with Gasteiger partial charge in [0.2, 0.25) is 0 Å². The predicted octanol–water partition coefficient (Wildman–Crippen LogP) is 4.02. The number of para-hydroxylation sites is 1. The third-order valence-corrected chi connectivity index (χ3v) is 4.67. The van der Waals surface area contributed by atoms with Crippen molar-refractivity contribution >= 4 is 23.6 Å². The fourth-order valence-corrected chi connectivity index (χ4v) is 3.25. The van der Waals surface area contributed by atoms with Crippen LogP contribution in [0.3, 0.4) is 0 Å². The first kappa shape index (κ1) is 21.4. The van der Waals surface area contributed by atoms with E-state index in [9.17, 15) is 9.59 Å². The molecule has 0 fully saturated rings. The summed E-state index contributed by atoms with van der Waals surface area (Å²) in [5.41, 5.74) is 2.80. The fraction of sp³-hybridized carbons (Fsp3) is 0.333. The van der Waals surface area contributed by atoms with Crippen LogP contribution in [-0.4, -0.2) is 38.2 Å². The Morgan fingerprint density at radius 1 is 1.07 bits per heavy atom. The minimum absolute atomic E-state index is 0.224. The SMILES string of the molecule is CCCOc1ccc(/C=C/C(=O)OCC(=O)N2CCc3ccccc32)cc1OCC. The molecule has 0 N–H and O–H groups in total. The highest BCUT2D eigenvalue weighted by atomic mass is 16.5. The summed E-state index contributed by atoms with van der Waals surface area (Å²) in [5, 5.41) is 0. The molecule has 0 bridgehead atoms. The summed E-state index contributed by atoms with van der Waals surface area (Å²) in [7, 11) is 0. The Morgan fingerprint density at radius 3 is 2.70 bits per heavy atom. The molecule has 0 unspecified atom stereocenters. The fourth-order valence-electron chi connectivity index (χ4n) is 3.25. The zero-order valence-corrected chi connectivity index (χ0v) is 17.4. The first-order valence-corrected chi connectivity index (χ1v) is 10.2. The van der Waals surface area contributed by atoms with E-state index in [0.717, 1.165) is 29.7 Å². The van der Waals surface area contributed by atoms with Crippen LogP contribution >= 0.6 is 0 Å². The molecule has 1 aliphatic rings. The highest BCUT2D eigenvalue weighted by Gasteiger charge is 2.24. The first-order valence-electron chi connectivity index (χ1n) is 10.2. The summed E-state index contributed by atoms with van der Waals surface area (Å²) < 4.78 is 16.4. The topological polar surface area (TPSA) is 65.1 Å². The maximum absolute atomic E-state index is 12.4. The lowest BCUT2D eigenvalue weighted by molar-refractivity contribution is -0.142. The summed E-state index contributed by atoms with van der Waals surface area (Å²) in [6.07, 6.45) is 4.66. The van der Waals surface area contributed by atoms with Crippen LogP contribution < -0.4 is 14.4 Å². The van der Waals surface area contributed by atoms with Gasteiger partial charge in [-0.15, -0.1) is 0 Å². The van der Waals surface area contributed by atoms with Gasteiger partial charge in [0.05, 0.1) is 13.2 Å². The lowest BCUT2D eigenvalue weighted by atomic mass is 10.2. The number of ether oxygens (including phenoxy) is 3. The summed E-state index contributed by atoms with van der Waals surface area (Å²) in [5.74, 6) is 0.511. The lowest BCUT2D eigenvalue weighted by Crippen LogP contribution is -2.33. The van der Waals surface area contributed by atoms with Gasteiger partial charge in [-0.05, 0) is 55.2 Å². The third kappa shape index (κ3) is 5.41. The number of carbonyl (C=O) groups is 2. The number of rotatable bonds is 9. The van der Waals surface area contributed by atoms with E-state index >= 15 is 0 Å². The van der Waals surface area contributed by atoms with Crippen molar-refractivity contribution in [2.75, 3.05) is 31.3 Å². The number of anilines is 1. The highest BCUT2D eigenvalue weighted by molar-refractivity contribution is 5.98. The maximum Gasteiger partial charge on any atom is 0.331 e. The van der Waals surface area contributed by atoms with Gasteiger partial charge in [-0.2, -0.15) is 0 Å². The molecule has 6 nitrogen and oxygen atoms in total. The van der Waals surface area contributed by atoms with E-state index in [1.54, 1.807) is 11.0 Å². The van der Waals surface area contributed by atoms with E-state index < -0.39 is 5.97 Å². The lowest BCUT2D eigenvalue weighted by Gasteiger charge is -2.16. The third-order valence-electron chi connectivity index (χ3n) is 4.67. The van der Waals surface area contributed by atoms with Crippen LogP contribution in [0.4, 0.5) is 5.69 Å². The Kier molecular flexibility index (Phi) is 7.49. The van der Waals surface area contributed by atoms with Crippen molar-refractivity contribution in [1.82, 2.24) is 0 Å². The molecule has 2 aromatic rings. The van der Waals surface area contributed by atoms with Crippen LogP contribution in [0.15, 0.2) is 48.5 Å². The molecule has 0 atom stereocenters. The summed E-state index contributed by atoms with van der Waals surface area (Å²) in [4.78, 5) is 26.1. The van der Waals surface area contributed by atoms with E-state index in [0.29, 0.717) is 31.3 Å². The molecule has 0 saturated heterocycles. The molecule has 0 aliphatic carbocycles. The smallest absolute Gasteiger partial charge is 0.331 e. The minimum atomic E-state index is -0.569. The molecule has 2 aromatic carbocycles. The number of hydrogen-bond donors (Lipinski definition) is 0. The Balaban J connectivity index is 1.55. The van der Waals surface area contributed by atoms with Crippen LogP contribution in [0.25, 0.3) is 6.08 Å². The Morgan fingerprint density at radius 2 is 1.90 bits per heavy atom. The molecule has 3 rings (SSSR count). The van der Waals surface area contributed by atoms with E-state index in [2.05, 4.69) is 0 Å². The average Bonchev–Trinajstić information content (AvgIpc) is 3.20. The Bertz CT molecular complexity index is 922. The van der Waals surface area contributed by atoms with Gasteiger partial charge >= 0.3 is 5.97 Å². The molecule has 1 aliphatic heterocycles. The predicted molar refractivity (Wildman–Crippen MR) is 116 cm³/mol. The second-order valence-electron chi connectivity index (χ2n) is 6.85. The van der Waals surface area contributed by atoms with Crippen LogP contribution in [0.2, 0.25) is 0 Å². The zero-order valence-electron chi connectivity index (χ0n) is 17.4. The van der Waals surface area contributed by atoms with Crippen molar-refractivity contribution in [3.05, 3.63) is 59.7 Å². The Labute approximate surface area is 177 Å². The van der Waals surface area contributed by atoms with Crippen molar-refractivity contribution in [2.24, 2.45) is 0 Å². The molecular weight excluding hydrogens is 382 g/mol. The zero-order chi connectivity index (χ0) is 21.3. The molecule has 6 heteroatoms. The second kappa shape index (κ2) is 10.5. The van der Waals surface area contributed by atoms with Crippen molar-refractivity contribution in [3.63, 3.8) is 0 Å². The van der Waals surface area contributed by atoms with Crippen molar-refractivity contribution in [1.29, 1.82) is 0 Å². The summed E-state index contributed by atoms with van der Waals surface area (Å²) >= 11 is 0. The van der Waals surface area contributed by atoms with Gasteiger partial charge in [0, 0.05) is 18.3 Å². The van der Waals surface area contributed by atoms with Gasteiger partial charge in [0.15, 0.2) is 18.1 Å². The van der Waals surface area contributed by atoms with Crippen molar-refractivity contribution in [2.45, 2.75) is 26.7 Å². The average molecular weight is 409 g/mol. The van der Waals surface area contributed by atoms with E-state index in [1.807, 2.05) is 56.3 Å². The number of carbonyl (C=O) groups excluding carboxylic acids is 2. The molecular formula is C24H27NO5. The van der Waals surface area contributed by atoms with Gasteiger partial charge in [-0.1, -0.05) is 31.2 Å². The van der Waals surface area contributed by atoms with Crippen molar-refractivity contribution < 1.29 is 23.8 Å². The van der Waals surface area contributed by atoms with Crippen LogP contribution in [0, 0.1) is 0 Å². The Hall–Kier alpha value is -3.28. The van der Waals surface area contributed by atoms with Crippen LogP contribution in [0.5, 0.6) is 11.5 Å². The molecule has 0 radical (unpaired) electrons. The quantitative estimate of drug-likeness (QED) is 0.462. The van der Waals surface area contributed by atoms with Gasteiger partial charge in [0.25, 0.3) is 5.91 Å². The number of amides is 1. The van der Waals surface area contributed by atoms with Crippen LogP contribution in [-0.2, 0) is 20.7 Å². The van der Waals surface area contributed by atoms with Gasteiger partial charge < -0.3 is 19.1 Å². The maximum atomic E-state index is 12.4. The minimum Gasteiger partial charge on any atom is -0.490 e. The van der Waals surface area contributed by atoms with E-state index in [-0.39, 0.29) is 12.5 Å². The molecule has 30 heavy (non-hydrogen) atoms. The molecule has 158 valence electrons. The standard InChI is InChI=1S/C24H27NO5/c1-3-15-29-21-11-9-18(16-22(21)28-4-2)10-12-24(27)30-17-23(26)25-14-13-19-7-5-6-8-20(19)25/h5-12,16H,3-4,13-15,17H2,1-2H3/b12-10+. The molecule has 1 heterocycles. The van der Waals surface area contributed by atoms with Gasteiger partial charge in [0.1, 0.15) is 0 Å². The summed E-state index contributed by atoms with van der Waals surface area (Å²) in [6, 6.07) is 13.2. The van der Waals surface area contributed by atoms with E-state index in [4.69, 9.17) is 14.2 Å². The second-order valence-corrected chi connectivity index (χ2v) is 6.85. The molecule has 0 saturated carbocycles. The number of benzene rings is 2. The summed E-state index contributed by atoms with van der Waals surface area (Å²) in [6.45, 7) is 5.38. The normalized spacial score (nSPS) is 12.7. The number of fused-ring (bicyclic) bond motifs is 1. The highest BCUT2D eigenvalue weighted by Crippen LogP contribution is 2.29.